The number of carbonyl (C=O) groups is 1. The molecule has 1 aromatic carbocycles. The summed E-state index contributed by atoms with van der Waals surface area (Å²) in [7, 11) is 0. The molecule has 24 heavy (non-hydrogen) atoms. The van der Waals surface area contributed by atoms with Gasteiger partial charge in [0.1, 0.15) is 0 Å². The summed E-state index contributed by atoms with van der Waals surface area (Å²) in [6.45, 7) is 3.46. The number of urea groups is 1. The molecule has 3 rings (SSSR count). The average molecular weight is 348 g/mol. The number of hydrogen-bond donors (Lipinski definition) is 2. The van der Waals surface area contributed by atoms with Gasteiger partial charge in [0.05, 0.1) is 0 Å². The molecule has 5 heteroatoms. The fourth-order valence-electron chi connectivity index (χ4n) is 4.25. The summed E-state index contributed by atoms with van der Waals surface area (Å²) in [5, 5.41) is 6.17. The number of carbonyl (C=O) groups excluding carboxylic acids is 1. The largest absolute Gasteiger partial charge is 0.335 e. The van der Waals surface area contributed by atoms with Crippen molar-refractivity contribution in [1.29, 1.82) is 0 Å². The third kappa shape index (κ3) is 4.25. The number of piperidine rings is 2. The van der Waals surface area contributed by atoms with Crippen LogP contribution in [0, 0.1) is 0 Å². The van der Waals surface area contributed by atoms with Crippen LogP contribution in [0.4, 0.5) is 10.5 Å². The van der Waals surface area contributed by atoms with Gasteiger partial charge in [-0.2, -0.15) is 0 Å². The normalized spacial score (nSPS) is 26.8. The molecule has 2 N–H and O–H groups in total. The molecule has 0 spiro atoms. The van der Waals surface area contributed by atoms with Crippen molar-refractivity contribution in [1.82, 2.24) is 10.2 Å². The van der Waals surface area contributed by atoms with E-state index in [9.17, 15) is 4.79 Å². The zero-order chi connectivity index (χ0) is 16.9. The van der Waals surface area contributed by atoms with Crippen LogP contribution in [-0.2, 0) is 0 Å². The van der Waals surface area contributed by atoms with Gasteiger partial charge < -0.3 is 10.6 Å². The Balaban J connectivity index is 1.53. The molecule has 1 aromatic rings. The highest BCUT2D eigenvalue weighted by Crippen LogP contribution is 2.34. The Labute approximate surface area is 149 Å². The van der Waals surface area contributed by atoms with E-state index in [2.05, 4.69) is 28.7 Å². The van der Waals surface area contributed by atoms with Gasteiger partial charge in [-0.05, 0) is 69.2 Å². The maximum absolute atomic E-state index is 12.3. The van der Waals surface area contributed by atoms with E-state index in [4.69, 9.17) is 0 Å². The van der Waals surface area contributed by atoms with Crippen molar-refractivity contribution in [3.8, 4) is 0 Å². The van der Waals surface area contributed by atoms with Crippen LogP contribution in [0.1, 0.15) is 45.4 Å². The van der Waals surface area contributed by atoms with Crippen LogP contribution in [0.5, 0.6) is 0 Å². The van der Waals surface area contributed by atoms with E-state index in [1.54, 1.807) is 11.8 Å². The lowest BCUT2D eigenvalue weighted by molar-refractivity contribution is 0.0272. The predicted molar refractivity (Wildman–Crippen MR) is 102 cm³/mol. The quantitative estimate of drug-likeness (QED) is 0.780. The number of fused-ring (bicyclic) bond motifs is 2. The summed E-state index contributed by atoms with van der Waals surface area (Å²) >= 11 is 1.71. The zero-order valence-electron chi connectivity index (χ0n) is 14.8. The summed E-state index contributed by atoms with van der Waals surface area (Å²) in [6, 6.07) is 9.54. The second-order valence-electron chi connectivity index (χ2n) is 6.97. The Bertz CT molecular complexity index is 534. The van der Waals surface area contributed by atoms with Gasteiger partial charge in [-0.15, -0.1) is 11.8 Å². The summed E-state index contributed by atoms with van der Waals surface area (Å²) in [4.78, 5) is 16.2. The zero-order valence-corrected chi connectivity index (χ0v) is 15.6. The van der Waals surface area contributed by atoms with Crippen molar-refractivity contribution < 1.29 is 4.79 Å². The van der Waals surface area contributed by atoms with Gasteiger partial charge in [-0.25, -0.2) is 4.79 Å². The highest BCUT2D eigenvalue weighted by atomic mass is 32.2. The minimum Gasteiger partial charge on any atom is -0.335 e. The molecule has 0 aromatic heterocycles. The van der Waals surface area contributed by atoms with Gasteiger partial charge in [-0.1, -0.05) is 13.3 Å². The van der Waals surface area contributed by atoms with Crippen LogP contribution in [0.3, 0.4) is 0 Å². The molecule has 2 aliphatic heterocycles. The van der Waals surface area contributed by atoms with Crippen LogP contribution in [0.15, 0.2) is 29.2 Å². The van der Waals surface area contributed by atoms with E-state index in [1.165, 1.54) is 37.1 Å². The second kappa shape index (κ2) is 8.26. The predicted octanol–water partition coefficient (Wildman–Crippen LogP) is 4.33. The first kappa shape index (κ1) is 17.6. The second-order valence-corrected chi connectivity index (χ2v) is 7.85. The Morgan fingerprint density at radius 1 is 1.21 bits per heavy atom. The molecule has 0 aliphatic carbocycles. The number of anilines is 1. The molecule has 2 heterocycles. The highest BCUT2D eigenvalue weighted by Gasteiger charge is 2.37. The standard InChI is InChI=1S/C19H29N3OS/c1-3-11-22-16-5-4-6-17(22)13-15(12-16)21-19(23)20-14-7-9-18(24-2)10-8-14/h7-10,15-17H,3-6,11-13H2,1-2H3,(H2,20,21,23)/t16-,17-/m0/s1. The average Bonchev–Trinajstić information content (AvgIpc) is 2.56. The smallest absolute Gasteiger partial charge is 0.319 e. The number of nitrogens with one attached hydrogen (secondary N) is 2. The van der Waals surface area contributed by atoms with Crippen molar-refractivity contribution in [2.24, 2.45) is 0 Å². The van der Waals surface area contributed by atoms with E-state index in [1.807, 2.05) is 24.3 Å². The number of nitrogens with zero attached hydrogens (tertiary/aromatic N) is 1. The fourth-order valence-corrected chi connectivity index (χ4v) is 4.65. The van der Waals surface area contributed by atoms with Gasteiger partial charge in [0.25, 0.3) is 0 Å². The third-order valence-electron chi connectivity index (χ3n) is 5.29. The summed E-state index contributed by atoms with van der Waals surface area (Å²) in [5.41, 5.74) is 0.855. The number of hydrogen-bond acceptors (Lipinski definition) is 3. The van der Waals surface area contributed by atoms with Gasteiger partial charge >= 0.3 is 6.03 Å². The van der Waals surface area contributed by atoms with Crippen LogP contribution in [0.25, 0.3) is 0 Å². The van der Waals surface area contributed by atoms with Crippen LogP contribution < -0.4 is 10.6 Å². The highest BCUT2D eigenvalue weighted by molar-refractivity contribution is 7.98. The molecule has 0 saturated carbocycles. The minimum atomic E-state index is -0.0704. The molecule has 2 saturated heterocycles. The first-order valence-corrected chi connectivity index (χ1v) is 10.4. The molecule has 2 atom stereocenters. The minimum absolute atomic E-state index is 0.0704. The molecule has 2 fully saturated rings. The van der Waals surface area contributed by atoms with Gasteiger partial charge in [0.2, 0.25) is 0 Å². The molecule has 4 nitrogen and oxygen atoms in total. The first-order chi connectivity index (χ1) is 11.7. The maximum Gasteiger partial charge on any atom is 0.319 e. The lowest BCUT2D eigenvalue weighted by Crippen LogP contribution is -2.57. The Hall–Kier alpha value is -1.20. The monoisotopic (exact) mass is 347 g/mol. The number of rotatable bonds is 5. The van der Waals surface area contributed by atoms with E-state index in [-0.39, 0.29) is 6.03 Å². The molecule has 2 aliphatic rings. The number of benzene rings is 1. The Morgan fingerprint density at radius 2 is 1.88 bits per heavy atom. The molecule has 0 unspecified atom stereocenters. The van der Waals surface area contributed by atoms with Crippen molar-refractivity contribution in [3.63, 3.8) is 0 Å². The Morgan fingerprint density at radius 3 is 2.46 bits per heavy atom. The topological polar surface area (TPSA) is 44.4 Å². The molecule has 2 bridgehead atoms. The summed E-state index contributed by atoms with van der Waals surface area (Å²) in [5.74, 6) is 0. The van der Waals surface area contributed by atoms with Crippen LogP contribution >= 0.6 is 11.8 Å². The van der Waals surface area contributed by atoms with Crippen molar-refractivity contribution in [2.75, 3.05) is 18.1 Å². The first-order valence-electron chi connectivity index (χ1n) is 9.17. The maximum atomic E-state index is 12.3. The molecule has 132 valence electrons. The van der Waals surface area contributed by atoms with E-state index >= 15 is 0 Å². The van der Waals surface area contributed by atoms with E-state index in [0.29, 0.717) is 18.1 Å². The third-order valence-corrected chi connectivity index (χ3v) is 6.03. The Kier molecular flexibility index (Phi) is 6.06. The fraction of sp³-hybridized carbons (Fsp3) is 0.632. The lowest BCUT2D eigenvalue weighted by atomic mass is 9.81. The lowest BCUT2D eigenvalue weighted by Gasteiger charge is -2.49. The number of thioether (sulfide) groups is 1. The van der Waals surface area contributed by atoms with Gasteiger partial charge in [-0.3, -0.25) is 4.90 Å². The van der Waals surface area contributed by atoms with Crippen molar-refractivity contribution in [2.45, 2.75) is 68.5 Å². The molecular formula is C19H29N3OS. The molecule has 0 radical (unpaired) electrons. The van der Waals surface area contributed by atoms with Crippen molar-refractivity contribution in [3.05, 3.63) is 24.3 Å². The van der Waals surface area contributed by atoms with Crippen LogP contribution in [-0.4, -0.2) is 41.9 Å². The van der Waals surface area contributed by atoms with E-state index < -0.39 is 0 Å². The van der Waals surface area contributed by atoms with Crippen LogP contribution in [0.2, 0.25) is 0 Å². The summed E-state index contributed by atoms with van der Waals surface area (Å²) < 4.78 is 0. The SMILES string of the molecule is CCCN1[C@H]2CCC[C@H]1CC(NC(=O)Nc1ccc(SC)cc1)C2. The van der Waals surface area contributed by atoms with Gasteiger partial charge in [0.15, 0.2) is 0 Å². The van der Waals surface area contributed by atoms with E-state index in [0.717, 1.165) is 18.5 Å². The molecule has 2 amide bonds. The summed E-state index contributed by atoms with van der Waals surface area (Å²) in [6.07, 6.45) is 9.37. The van der Waals surface area contributed by atoms with Gasteiger partial charge in [0, 0.05) is 28.7 Å². The molecular weight excluding hydrogens is 318 g/mol. The number of amides is 2. The van der Waals surface area contributed by atoms with Crippen molar-refractivity contribution >= 4 is 23.5 Å².